The summed E-state index contributed by atoms with van der Waals surface area (Å²) in [5.74, 6) is -0.264. The average molecular weight is 431 g/mol. The van der Waals surface area contributed by atoms with Crippen molar-refractivity contribution in [2.45, 2.75) is 12.5 Å². The number of esters is 1. The Hall–Kier alpha value is -1.78. The Labute approximate surface area is 174 Å². The number of fused-ring (bicyclic) bond motifs is 1. The van der Waals surface area contributed by atoms with Crippen molar-refractivity contribution in [3.8, 4) is 11.5 Å². The number of hydrogen-bond acceptors (Lipinski definition) is 9. The Morgan fingerprint density at radius 3 is 2.79 bits per heavy atom. The summed E-state index contributed by atoms with van der Waals surface area (Å²) < 4.78 is 21.7. The molecule has 0 aliphatic carbocycles. The van der Waals surface area contributed by atoms with Gasteiger partial charge >= 0.3 is 5.97 Å². The second-order valence-corrected chi connectivity index (χ2v) is 7.43. The number of nitrogens with two attached hydrogens (primary N) is 1. The Balaban J connectivity index is 1.53. The van der Waals surface area contributed by atoms with Crippen LogP contribution in [0, 0.1) is 5.92 Å². The number of hydrogen-bond donors (Lipinski definition) is 3. The summed E-state index contributed by atoms with van der Waals surface area (Å²) in [6, 6.07) is 1.41. The molecule has 0 spiro atoms. The summed E-state index contributed by atoms with van der Waals surface area (Å²) in [6.45, 7) is 3.43. The summed E-state index contributed by atoms with van der Waals surface area (Å²) in [6.07, 6.45) is 0.0761. The number of nitrogens with zero attached hydrogens (tertiary/aromatic N) is 1. The number of benzene rings is 1. The largest absolute Gasteiger partial charge is 0.485 e. The standard InChI is InChI=1S/C19H27ClN2O7/c20-14-9-13(17-18(16(14)21)28-8-7-27-17)19(25)29-11-12-1-2-22(10-15(12)24)3-5-26-6-4-23/h9,12,15,23-24H,1-8,10-11,21H2/t12-,15+/m0/s1. The van der Waals surface area contributed by atoms with E-state index in [4.69, 9.17) is 41.4 Å². The van der Waals surface area contributed by atoms with Crippen molar-refractivity contribution in [2.75, 3.05) is 65.0 Å². The minimum Gasteiger partial charge on any atom is -0.485 e. The minimum absolute atomic E-state index is 0.00431. The molecule has 0 unspecified atom stereocenters. The monoisotopic (exact) mass is 430 g/mol. The van der Waals surface area contributed by atoms with E-state index >= 15 is 0 Å². The smallest absolute Gasteiger partial charge is 0.342 e. The average Bonchev–Trinajstić information content (AvgIpc) is 2.73. The topological polar surface area (TPSA) is 124 Å². The van der Waals surface area contributed by atoms with Crippen LogP contribution >= 0.6 is 11.6 Å². The van der Waals surface area contributed by atoms with Gasteiger partial charge in [0.2, 0.25) is 0 Å². The minimum atomic E-state index is -0.613. The summed E-state index contributed by atoms with van der Waals surface area (Å²) in [7, 11) is 0. The van der Waals surface area contributed by atoms with Crippen LogP contribution in [0.4, 0.5) is 5.69 Å². The number of carbonyl (C=O) groups excluding carboxylic acids is 1. The van der Waals surface area contributed by atoms with Gasteiger partial charge in [-0.05, 0) is 19.0 Å². The molecule has 2 heterocycles. The van der Waals surface area contributed by atoms with Gasteiger partial charge in [-0.3, -0.25) is 4.90 Å². The lowest BCUT2D eigenvalue weighted by molar-refractivity contribution is -0.0220. The highest BCUT2D eigenvalue weighted by Crippen LogP contribution is 2.43. The molecule has 3 rings (SSSR count). The van der Waals surface area contributed by atoms with Crippen LogP contribution < -0.4 is 15.2 Å². The third-order valence-corrected chi connectivity index (χ3v) is 5.35. The number of aliphatic hydroxyl groups excluding tert-OH is 2. The fraction of sp³-hybridized carbons (Fsp3) is 0.632. The number of rotatable bonds is 8. The van der Waals surface area contributed by atoms with E-state index in [2.05, 4.69) is 4.90 Å². The molecule has 1 aromatic rings. The number of carbonyl (C=O) groups is 1. The molecule has 0 saturated carbocycles. The van der Waals surface area contributed by atoms with Crippen molar-refractivity contribution in [2.24, 2.45) is 5.92 Å². The second-order valence-electron chi connectivity index (χ2n) is 7.03. The van der Waals surface area contributed by atoms with Gasteiger partial charge in [-0.25, -0.2) is 4.79 Å². The van der Waals surface area contributed by atoms with Gasteiger partial charge in [-0.1, -0.05) is 11.6 Å². The first kappa shape index (κ1) is 21.9. The van der Waals surface area contributed by atoms with Gasteiger partial charge in [-0.15, -0.1) is 0 Å². The van der Waals surface area contributed by atoms with E-state index in [0.717, 1.165) is 6.54 Å². The zero-order valence-electron chi connectivity index (χ0n) is 16.1. The first-order valence-corrected chi connectivity index (χ1v) is 10.0. The number of β-amino-alcohol motifs (C(OH)–C–C–N with tert-alkyl or cyclic N) is 1. The van der Waals surface area contributed by atoms with Crippen LogP contribution in [-0.2, 0) is 9.47 Å². The molecule has 0 amide bonds. The first-order valence-electron chi connectivity index (χ1n) is 9.65. The lowest BCUT2D eigenvalue weighted by atomic mass is 9.95. The molecule has 1 aromatic carbocycles. The normalized spacial score (nSPS) is 21.8. The van der Waals surface area contributed by atoms with E-state index in [9.17, 15) is 9.90 Å². The highest BCUT2D eigenvalue weighted by Gasteiger charge is 2.30. The molecule has 10 heteroatoms. The Kier molecular flexibility index (Phi) is 7.79. The van der Waals surface area contributed by atoms with Crippen LogP contribution in [0.2, 0.25) is 5.02 Å². The number of aliphatic hydroxyl groups is 2. The lowest BCUT2D eigenvalue weighted by Crippen LogP contribution is -2.46. The molecule has 4 N–H and O–H groups in total. The van der Waals surface area contributed by atoms with Gasteiger partial charge in [0.1, 0.15) is 18.8 Å². The maximum atomic E-state index is 12.6. The number of anilines is 1. The zero-order chi connectivity index (χ0) is 20.8. The van der Waals surface area contributed by atoms with E-state index in [1.54, 1.807) is 0 Å². The van der Waals surface area contributed by atoms with Crippen LogP contribution in [-0.4, -0.2) is 86.5 Å². The molecule has 2 aliphatic rings. The second kappa shape index (κ2) is 10.3. The molecular formula is C19H27ClN2O7. The molecule has 162 valence electrons. The van der Waals surface area contributed by atoms with Gasteiger partial charge in [0.15, 0.2) is 11.5 Å². The van der Waals surface area contributed by atoms with Gasteiger partial charge in [0, 0.05) is 19.0 Å². The number of halogens is 1. The lowest BCUT2D eigenvalue weighted by Gasteiger charge is -2.35. The fourth-order valence-electron chi connectivity index (χ4n) is 3.41. The van der Waals surface area contributed by atoms with Crippen molar-refractivity contribution in [3.63, 3.8) is 0 Å². The molecule has 2 atom stereocenters. The first-order chi connectivity index (χ1) is 14.0. The summed E-state index contributed by atoms with van der Waals surface area (Å²) in [4.78, 5) is 14.7. The van der Waals surface area contributed by atoms with E-state index in [0.29, 0.717) is 45.9 Å². The van der Waals surface area contributed by atoms with Crippen molar-refractivity contribution < 1.29 is 34.0 Å². The van der Waals surface area contributed by atoms with Crippen LogP contribution in [0.15, 0.2) is 6.07 Å². The van der Waals surface area contributed by atoms with E-state index < -0.39 is 12.1 Å². The van der Waals surface area contributed by atoms with Gasteiger partial charge in [-0.2, -0.15) is 0 Å². The van der Waals surface area contributed by atoms with Crippen LogP contribution in [0.1, 0.15) is 16.8 Å². The molecule has 29 heavy (non-hydrogen) atoms. The van der Waals surface area contributed by atoms with Crippen LogP contribution in [0.5, 0.6) is 11.5 Å². The van der Waals surface area contributed by atoms with Crippen LogP contribution in [0.25, 0.3) is 0 Å². The molecular weight excluding hydrogens is 404 g/mol. The Bertz CT molecular complexity index is 718. The Morgan fingerprint density at radius 1 is 1.31 bits per heavy atom. The molecule has 9 nitrogen and oxygen atoms in total. The number of nitrogen functional groups attached to an aromatic ring is 1. The molecule has 0 bridgehead atoms. The maximum absolute atomic E-state index is 12.6. The third kappa shape index (κ3) is 5.43. The van der Waals surface area contributed by atoms with Crippen molar-refractivity contribution in [1.82, 2.24) is 4.90 Å². The maximum Gasteiger partial charge on any atom is 0.342 e. The molecule has 2 aliphatic heterocycles. The SMILES string of the molecule is Nc1c(Cl)cc(C(=O)OC[C@@H]2CCN(CCOCCO)C[C@H]2O)c2c1OCCO2. The Morgan fingerprint density at radius 2 is 2.07 bits per heavy atom. The highest BCUT2D eigenvalue weighted by molar-refractivity contribution is 6.34. The predicted molar refractivity (Wildman–Crippen MR) is 106 cm³/mol. The highest BCUT2D eigenvalue weighted by atomic mass is 35.5. The molecule has 1 saturated heterocycles. The summed E-state index contributed by atoms with van der Waals surface area (Å²) in [5, 5.41) is 19.3. The van der Waals surface area contributed by atoms with Crippen molar-refractivity contribution in [1.29, 1.82) is 0 Å². The third-order valence-electron chi connectivity index (χ3n) is 5.04. The van der Waals surface area contributed by atoms with Crippen molar-refractivity contribution >= 4 is 23.3 Å². The van der Waals surface area contributed by atoms with Crippen molar-refractivity contribution in [3.05, 3.63) is 16.7 Å². The van der Waals surface area contributed by atoms with Crippen LogP contribution in [0.3, 0.4) is 0 Å². The quantitative estimate of drug-likeness (QED) is 0.308. The summed E-state index contributed by atoms with van der Waals surface area (Å²) >= 11 is 6.11. The molecule has 1 fully saturated rings. The summed E-state index contributed by atoms with van der Waals surface area (Å²) in [5.41, 5.74) is 6.28. The van der Waals surface area contributed by atoms with Gasteiger partial charge < -0.3 is 34.9 Å². The molecule has 0 radical (unpaired) electrons. The number of piperidine rings is 1. The van der Waals surface area contributed by atoms with E-state index in [-0.39, 0.29) is 46.9 Å². The van der Waals surface area contributed by atoms with Gasteiger partial charge in [0.25, 0.3) is 0 Å². The number of likely N-dealkylation sites (tertiary alicyclic amines) is 1. The van der Waals surface area contributed by atoms with E-state index in [1.165, 1.54) is 6.07 Å². The van der Waals surface area contributed by atoms with Gasteiger partial charge in [0.05, 0.1) is 43.2 Å². The number of ether oxygens (including phenoxy) is 4. The van der Waals surface area contributed by atoms with E-state index in [1.807, 2.05) is 0 Å². The zero-order valence-corrected chi connectivity index (χ0v) is 16.9. The fourth-order valence-corrected chi connectivity index (χ4v) is 3.61. The predicted octanol–water partition coefficient (Wildman–Crippen LogP) is 0.542. The molecule has 0 aromatic heterocycles.